The van der Waals surface area contributed by atoms with Gasteiger partial charge in [0.1, 0.15) is 11.8 Å². The summed E-state index contributed by atoms with van der Waals surface area (Å²) in [5.74, 6) is 1.02. The van der Waals surface area contributed by atoms with Gasteiger partial charge in [0.25, 0.3) is 5.91 Å². The molecule has 1 fully saturated rings. The molecule has 1 saturated heterocycles. The van der Waals surface area contributed by atoms with Crippen molar-refractivity contribution in [3.05, 3.63) is 39.7 Å². The Morgan fingerprint density at radius 1 is 1.48 bits per heavy atom. The van der Waals surface area contributed by atoms with E-state index in [2.05, 4.69) is 10.3 Å². The van der Waals surface area contributed by atoms with Crippen LogP contribution in [0.5, 0.6) is 0 Å². The van der Waals surface area contributed by atoms with E-state index in [-0.39, 0.29) is 18.4 Å². The lowest BCUT2D eigenvalue weighted by molar-refractivity contribution is -0.125. The smallest absolute Gasteiger partial charge is 0.264 e. The van der Waals surface area contributed by atoms with Gasteiger partial charge in [-0.15, -0.1) is 11.3 Å². The van der Waals surface area contributed by atoms with Crippen molar-refractivity contribution >= 4 is 23.2 Å². The van der Waals surface area contributed by atoms with Crippen molar-refractivity contribution in [1.29, 1.82) is 0 Å². The Morgan fingerprint density at radius 2 is 2.30 bits per heavy atom. The van der Waals surface area contributed by atoms with E-state index in [1.54, 1.807) is 11.0 Å². The van der Waals surface area contributed by atoms with Gasteiger partial charge in [0.2, 0.25) is 11.8 Å². The van der Waals surface area contributed by atoms with Crippen LogP contribution in [-0.2, 0) is 11.3 Å². The SMILES string of the molecule is Cc1nc(CNC(=O)[C@@H]2CCCN2C(=O)c2cccs2)oc1C. The fraction of sp³-hybridized carbons (Fsp3) is 0.438. The van der Waals surface area contributed by atoms with E-state index in [1.165, 1.54) is 11.3 Å². The molecule has 0 aromatic carbocycles. The maximum Gasteiger partial charge on any atom is 0.264 e. The summed E-state index contributed by atoms with van der Waals surface area (Å²) in [6.45, 7) is 4.56. The fourth-order valence-corrected chi connectivity index (χ4v) is 3.40. The molecule has 2 aromatic rings. The quantitative estimate of drug-likeness (QED) is 0.931. The fourth-order valence-electron chi connectivity index (χ4n) is 2.72. The number of hydrogen-bond donors (Lipinski definition) is 1. The van der Waals surface area contributed by atoms with Gasteiger partial charge in [-0.3, -0.25) is 9.59 Å². The minimum Gasteiger partial charge on any atom is -0.444 e. The lowest BCUT2D eigenvalue weighted by Crippen LogP contribution is -2.45. The average molecular weight is 333 g/mol. The number of oxazole rings is 1. The molecule has 1 N–H and O–H groups in total. The van der Waals surface area contributed by atoms with E-state index in [4.69, 9.17) is 4.42 Å². The van der Waals surface area contributed by atoms with Gasteiger partial charge in [0.05, 0.1) is 17.1 Å². The van der Waals surface area contributed by atoms with Gasteiger partial charge < -0.3 is 14.6 Å². The Balaban J connectivity index is 1.63. The van der Waals surface area contributed by atoms with Gasteiger partial charge in [0, 0.05) is 6.54 Å². The third-order valence-electron chi connectivity index (χ3n) is 4.03. The summed E-state index contributed by atoms with van der Waals surface area (Å²) in [5.41, 5.74) is 0.824. The van der Waals surface area contributed by atoms with Crippen LogP contribution >= 0.6 is 11.3 Å². The van der Waals surface area contributed by atoms with Crippen LogP contribution in [0.3, 0.4) is 0 Å². The highest BCUT2D eigenvalue weighted by Gasteiger charge is 2.34. The van der Waals surface area contributed by atoms with Gasteiger partial charge in [-0.2, -0.15) is 0 Å². The molecule has 0 spiro atoms. The zero-order valence-corrected chi connectivity index (χ0v) is 14.0. The Kier molecular flexibility index (Phi) is 4.47. The summed E-state index contributed by atoms with van der Waals surface area (Å²) in [6, 6.07) is 3.22. The highest BCUT2D eigenvalue weighted by atomic mass is 32.1. The molecule has 1 aliphatic heterocycles. The minimum atomic E-state index is -0.415. The molecule has 122 valence electrons. The topological polar surface area (TPSA) is 75.4 Å². The number of likely N-dealkylation sites (tertiary alicyclic amines) is 1. The zero-order chi connectivity index (χ0) is 16.4. The van der Waals surface area contributed by atoms with Crippen molar-refractivity contribution in [3.63, 3.8) is 0 Å². The maximum atomic E-state index is 12.5. The number of carbonyl (C=O) groups excluding carboxylic acids is 2. The molecule has 1 aliphatic rings. The van der Waals surface area contributed by atoms with E-state index in [0.29, 0.717) is 23.7 Å². The number of amides is 2. The average Bonchev–Trinajstić information content (AvgIpc) is 3.26. The van der Waals surface area contributed by atoms with Crippen LogP contribution in [-0.4, -0.2) is 34.3 Å². The van der Waals surface area contributed by atoms with Crippen molar-refractivity contribution in [2.45, 2.75) is 39.3 Å². The first-order valence-corrected chi connectivity index (χ1v) is 8.49. The van der Waals surface area contributed by atoms with Crippen molar-refractivity contribution < 1.29 is 14.0 Å². The Hall–Kier alpha value is -2.15. The van der Waals surface area contributed by atoms with Crippen molar-refractivity contribution in [2.75, 3.05) is 6.54 Å². The molecule has 0 bridgehead atoms. The molecular weight excluding hydrogens is 314 g/mol. The third kappa shape index (κ3) is 3.29. The van der Waals surface area contributed by atoms with E-state index < -0.39 is 6.04 Å². The largest absolute Gasteiger partial charge is 0.444 e. The minimum absolute atomic E-state index is 0.0690. The van der Waals surface area contributed by atoms with Gasteiger partial charge in [-0.1, -0.05) is 6.07 Å². The molecule has 1 atom stereocenters. The van der Waals surface area contributed by atoms with Gasteiger partial charge in [0.15, 0.2) is 0 Å². The molecule has 7 heteroatoms. The number of hydrogen-bond acceptors (Lipinski definition) is 5. The van der Waals surface area contributed by atoms with Crippen LogP contribution in [0.25, 0.3) is 0 Å². The number of thiophene rings is 1. The first-order valence-electron chi connectivity index (χ1n) is 7.61. The van der Waals surface area contributed by atoms with E-state index in [0.717, 1.165) is 17.9 Å². The summed E-state index contributed by atoms with van der Waals surface area (Å²) < 4.78 is 5.46. The summed E-state index contributed by atoms with van der Waals surface area (Å²) in [6.07, 6.45) is 1.53. The first-order chi connectivity index (χ1) is 11.1. The van der Waals surface area contributed by atoms with Gasteiger partial charge >= 0.3 is 0 Å². The lowest BCUT2D eigenvalue weighted by Gasteiger charge is -2.23. The Morgan fingerprint density at radius 3 is 2.96 bits per heavy atom. The van der Waals surface area contributed by atoms with E-state index >= 15 is 0 Å². The zero-order valence-electron chi connectivity index (χ0n) is 13.2. The van der Waals surface area contributed by atoms with Crippen LogP contribution in [0.15, 0.2) is 21.9 Å². The second kappa shape index (κ2) is 6.54. The van der Waals surface area contributed by atoms with E-state index in [1.807, 2.05) is 25.3 Å². The summed E-state index contributed by atoms with van der Waals surface area (Å²) in [4.78, 5) is 31.5. The second-order valence-electron chi connectivity index (χ2n) is 5.60. The normalized spacial score (nSPS) is 17.5. The van der Waals surface area contributed by atoms with Gasteiger partial charge in [-0.05, 0) is 38.1 Å². The van der Waals surface area contributed by atoms with Crippen molar-refractivity contribution in [2.24, 2.45) is 0 Å². The van der Waals surface area contributed by atoms with E-state index in [9.17, 15) is 9.59 Å². The summed E-state index contributed by atoms with van der Waals surface area (Å²) >= 11 is 1.40. The number of carbonyl (C=O) groups is 2. The Labute approximate surface area is 138 Å². The Bertz CT molecular complexity index is 689. The number of aromatic nitrogens is 1. The van der Waals surface area contributed by atoms with Crippen LogP contribution in [0, 0.1) is 13.8 Å². The lowest BCUT2D eigenvalue weighted by atomic mass is 10.2. The number of rotatable bonds is 4. The molecular formula is C16H19N3O3S. The van der Waals surface area contributed by atoms with Crippen LogP contribution in [0.2, 0.25) is 0 Å². The standard InChI is InChI=1S/C16H19N3O3S/c1-10-11(2)22-14(18-10)9-17-15(20)12-5-3-7-19(12)16(21)13-6-4-8-23-13/h4,6,8,12H,3,5,7,9H2,1-2H3,(H,17,20)/t12-/m0/s1. The molecule has 3 heterocycles. The summed E-state index contributed by atoms with van der Waals surface area (Å²) in [5, 5.41) is 4.69. The summed E-state index contributed by atoms with van der Waals surface area (Å²) in [7, 11) is 0. The number of aryl methyl sites for hydroxylation is 2. The maximum absolute atomic E-state index is 12.5. The molecule has 3 rings (SSSR count). The van der Waals surface area contributed by atoms with Crippen LogP contribution in [0.4, 0.5) is 0 Å². The molecule has 0 unspecified atom stereocenters. The molecule has 0 saturated carbocycles. The highest BCUT2D eigenvalue weighted by molar-refractivity contribution is 7.12. The molecule has 0 aliphatic carbocycles. The molecule has 23 heavy (non-hydrogen) atoms. The monoisotopic (exact) mass is 333 g/mol. The predicted octanol–water partition coefficient (Wildman–Crippen LogP) is 2.27. The highest BCUT2D eigenvalue weighted by Crippen LogP contribution is 2.22. The van der Waals surface area contributed by atoms with Gasteiger partial charge in [-0.25, -0.2) is 4.98 Å². The van der Waals surface area contributed by atoms with Crippen LogP contribution < -0.4 is 5.32 Å². The molecule has 6 nitrogen and oxygen atoms in total. The predicted molar refractivity (Wildman–Crippen MR) is 86.2 cm³/mol. The molecule has 2 aromatic heterocycles. The van der Waals surface area contributed by atoms with Crippen molar-refractivity contribution in [3.8, 4) is 0 Å². The number of nitrogens with one attached hydrogen (secondary N) is 1. The first kappa shape index (κ1) is 15.7. The van der Waals surface area contributed by atoms with Crippen LogP contribution in [0.1, 0.15) is 39.9 Å². The number of nitrogens with zero attached hydrogens (tertiary/aromatic N) is 2. The molecule has 2 amide bonds. The third-order valence-corrected chi connectivity index (χ3v) is 4.89. The second-order valence-corrected chi connectivity index (χ2v) is 6.55. The van der Waals surface area contributed by atoms with Crippen molar-refractivity contribution in [1.82, 2.24) is 15.2 Å². The molecule has 0 radical (unpaired) electrons.